The predicted octanol–water partition coefficient (Wildman–Crippen LogP) is 2.69. The van der Waals surface area contributed by atoms with E-state index < -0.39 is 0 Å². The Hall–Kier alpha value is -1.35. The van der Waals surface area contributed by atoms with E-state index in [2.05, 4.69) is 48.3 Å². The first-order valence-electron chi connectivity index (χ1n) is 7.78. The summed E-state index contributed by atoms with van der Waals surface area (Å²) in [5, 5.41) is 3.58. The molecule has 3 rings (SSSR count). The molecular weight excluding hydrogens is 248 g/mol. The van der Waals surface area contributed by atoms with Crippen LogP contribution in [0, 0.1) is 5.92 Å². The van der Waals surface area contributed by atoms with E-state index in [-0.39, 0.29) is 6.04 Å². The molecule has 1 N–H and O–H groups in total. The molecule has 3 nitrogen and oxygen atoms in total. The second-order valence-electron chi connectivity index (χ2n) is 6.35. The summed E-state index contributed by atoms with van der Waals surface area (Å²) in [6, 6.07) is 8.91. The molecule has 1 aliphatic carbocycles. The Bertz CT molecular complexity index is 494. The lowest BCUT2D eigenvalue weighted by molar-refractivity contribution is -0.133. The third-order valence-electron chi connectivity index (χ3n) is 4.41. The molecule has 1 atom stereocenters. The van der Waals surface area contributed by atoms with Gasteiger partial charge in [-0.2, -0.15) is 0 Å². The second kappa shape index (κ2) is 5.57. The molecule has 3 heteroatoms. The van der Waals surface area contributed by atoms with Gasteiger partial charge in [0.15, 0.2) is 0 Å². The molecule has 2 aliphatic rings. The van der Waals surface area contributed by atoms with Crippen molar-refractivity contribution in [2.45, 2.75) is 38.6 Å². The van der Waals surface area contributed by atoms with Crippen molar-refractivity contribution >= 4 is 5.91 Å². The van der Waals surface area contributed by atoms with Crippen LogP contribution in [-0.4, -0.2) is 30.4 Å². The fourth-order valence-electron chi connectivity index (χ4n) is 3.10. The van der Waals surface area contributed by atoms with Gasteiger partial charge < -0.3 is 10.2 Å². The van der Waals surface area contributed by atoms with E-state index in [1.165, 1.54) is 11.1 Å². The topological polar surface area (TPSA) is 32.3 Å². The lowest BCUT2D eigenvalue weighted by Crippen LogP contribution is -2.49. The minimum Gasteiger partial charge on any atom is -0.339 e. The summed E-state index contributed by atoms with van der Waals surface area (Å²) in [6.07, 6.45) is 2.19. The zero-order valence-electron chi connectivity index (χ0n) is 12.4. The van der Waals surface area contributed by atoms with Crippen LogP contribution in [0.15, 0.2) is 24.3 Å². The number of nitrogens with one attached hydrogen (secondary N) is 1. The Morgan fingerprint density at radius 2 is 2.05 bits per heavy atom. The molecule has 1 heterocycles. The first-order valence-corrected chi connectivity index (χ1v) is 7.78. The number of nitrogens with zero attached hydrogens (tertiary/aromatic N) is 1. The molecule has 1 aromatic rings. The molecule has 0 spiro atoms. The van der Waals surface area contributed by atoms with Crippen LogP contribution in [0.3, 0.4) is 0 Å². The van der Waals surface area contributed by atoms with Gasteiger partial charge in [0.1, 0.15) is 0 Å². The van der Waals surface area contributed by atoms with E-state index in [1.54, 1.807) is 0 Å². The van der Waals surface area contributed by atoms with E-state index >= 15 is 0 Å². The third kappa shape index (κ3) is 2.73. The summed E-state index contributed by atoms with van der Waals surface area (Å²) in [5.74, 6) is 1.22. The predicted molar refractivity (Wildman–Crippen MR) is 80.6 cm³/mol. The number of carbonyl (C=O) groups is 1. The second-order valence-corrected chi connectivity index (χ2v) is 6.35. The normalized spacial score (nSPS) is 23.1. The van der Waals surface area contributed by atoms with Crippen LogP contribution in [0.1, 0.15) is 49.8 Å². The lowest BCUT2D eigenvalue weighted by Gasteiger charge is -2.35. The molecule has 0 bridgehead atoms. The number of hydrogen-bond acceptors (Lipinski definition) is 2. The van der Waals surface area contributed by atoms with E-state index in [9.17, 15) is 4.79 Å². The van der Waals surface area contributed by atoms with Gasteiger partial charge in [-0.05, 0) is 29.9 Å². The molecule has 0 aromatic heterocycles. The van der Waals surface area contributed by atoms with Crippen LogP contribution >= 0.6 is 0 Å². The molecule has 2 fully saturated rings. The van der Waals surface area contributed by atoms with E-state index in [4.69, 9.17) is 0 Å². The van der Waals surface area contributed by atoms with Gasteiger partial charge in [0.25, 0.3) is 0 Å². The van der Waals surface area contributed by atoms with Gasteiger partial charge in [0, 0.05) is 25.6 Å². The Morgan fingerprint density at radius 3 is 2.75 bits per heavy atom. The molecule has 20 heavy (non-hydrogen) atoms. The quantitative estimate of drug-likeness (QED) is 0.917. The maximum absolute atomic E-state index is 12.3. The molecule has 1 saturated heterocycles. The summed E-state index contributed by atoms with van der Waals surface area (Å²) < 4.78 is 0. The molecule has 108 valence electrons. The van der Waals surface area contributed by atoms with Gasteiger partial charge >= 0.3 is 0 Å². The standard InChI is InChI=1S/C17H24N2O/c1-12(2)14-5-3-4-6-15(14)16-11-19(10-9-18-16)17(20)13-7-8-13/h3-6,12-13,16,18H,7-11H2,1-2H3. The summed E-state index contributed by atoms with van der Waals surface area (Å²) in [6.45, 7) is 7.04. The van der Waals surface area contributed by atoms with Crippen LogP contribution in [0.25, 0.3) is 0 Å². The van der Waals surface area contributed by atoms with Crippen molar-refractivity contribution in [2.24, 2.45) is 5.92 Å². The summed E-state index contributed by atoms with van der Waals surface area (Å²) in [5.41, 5.74) is 2.75. The molecule has 1 aliphatic heterocycles. The van der Waals surface area contributed by atoms with Crippen molar-refractivity contribution in [2.75, 3.05) is 19.6 Å². The molecule has 1 aromatic carbocycles. The van der Waals surface area contributed by atoms with E-state index in [1.807, 2.05) is 0 Å². The van der Waals surface area contributed by atoms with Gasteiger partial charge in [-0.1, -0.05) is 38.1 Å². The first-order chi connectivity index (χ1) is 9.66. The first kappa shape index (κ1) is 13.6. The van der Waals surface area contributed by atoms with Crippen LogP contribution in [0.5, 0.6) is 0 Å². The van der Waals surface area contributed by atoms with Gasteiger partial charge in [-0.15, -0.1) is 0 Å². The summed E-state index contributed by atoms with van der Waals surface area (Å²) >= 11 is 0. The van der Waals surface area contributed by atoms with Gasteiger partial charge in [0.2, 0.25) is 5.91 Å². The van der Waals surface area contributed by atoms with Crippen LogP contribution in [-0.2, 0) is 4.79 Å². The summed E-state index contributed by atoms with van der Waals surface area (Å²) in [4.78, 5) is 14.3. The minimum absolute atomic E-state index is 0.282. The van der Waals surface area contributed by atoms with Gasteiger partial charge in [-0.3, -0.25) is 4.79 Å². The molecule has 1 amide bonds. The molecule has 1 unspecified atom stereocenters. The number of rotatable bonds is 3. The van der Waals surface area contributed by atoms with Crippen LogP contribution < -0.4 is 5.32 Å². The lowest BCUT2D eigenvalue weighted by atomic mass is 9.92. The monoisotopic (exact) mass is 272 g/mol. The van der Waals surface area contributed by atoms with Crippen molar-refractivity contribution in [3.05, 3.63) is 35.4 Å². The van der Waals surface area contributed by atoms with Crippen molar-refractivity contribution in [1.29, 1.82) is 0 Å². The number of amides is 1. The van der Waals surface area contributed by atoms with E-state index in [0.29, 0.717) is 17.7 Å². The third-order valence-corrected chi connectivity index (χ3v) is 4.41. The summed E-state index contributed by atoms with van der Waals surface area (Å²) in [7, 11) is 0. The number of benzene rings is 1. The SMILES string of the molecule is CC(C)c1ccccc1C1CN(C(=O)C2CC2)CCN1. The highest BCUT2D eigenvalue weighted by atomic mass is 16.2. The van der Waals surface area contributed by atoms with Crippen molar-refractivity contribution in [3.63, 3.8) is 0 Å². The fraction of sp³-hybridized carbons (Fsp3) is 0.588. The number of carbonyl (C=O) groups excluding carboxylic acids is 1. The highest BCUT2D eigenvalue weighted by molar-refractivity contribution is 5.81. The Kier molecular flexibility index (Phi) is 3.79. The Balaban J connectivity index is 1.78. The van der Waals surface area contributed by atoms with Crippen molar-refractivity contribution in [3.8, 4) is 0 Å². The number of hydrogen-bond donors (Lipinski definition) is 1. The molecule has 0 radical (unpaired) electrons. The Morgan fingerprint density at radius 1 is 1.30 bits per heavy atom. The van der Waals surface area contributed by atoms with Crippen LogP contribution in [0.4, 0.5) is 0 Å². The van der Waals surface area contributed by atoms with Gasteiger partial charge in [-0.25, -0.2) is 0 Å². The Labute approximate surface area is 121 Å². The molecule has 1 saturated carbocycles. The van der Waals surface area contributed by atoms with Gasteiger partial charge in [0.05, 0.1) is 6.04 Å². The zero-order chi connectivity index (χ0) is 14.1. The average Bonchev–Trinajstić information content (AvgIpc) is 3.31. The maximum Gasteiger partial charge on any atom is 0.225 e. The highest BCUT2D eigenvalue weighted by Crippen LogP contribution is 2.33. The maximum atomic E-state index is 12.3. The largest absolute Gasteiger partial charge is 0.339 e. The van der Waals surface area contributed by atoms with Crippen molar-refractivity contribution in [1.82, 2.24) is 10.2 Å². The average molecular weight is 272 g/mol. The zero-order valence-corrected chi connectivity index (χ0v) is 12.4. The fourth-order valence-corrected chi connectivity index (χ4v) is 3.10. The van der Waals surface area contributed by atoms with Crippen molar-refractivity contribution < 1.29 is 4.79 Å². The minimum atomic E-state index is 0.282. The highest BCUT2D eigenvalue weighted by Gasteiger charge is 2.35. The van der Waals surface area contributed by atoms with E-state index in [0.717, 1.165) is 32.5 Å². The molecular formula is C17H24N2O. The van der Waals surface area contributed by atoms with Crippen LogP contribution in [0.2, 0.25) is 0 Å². The number of piperazine rings is 1. The smallest absolute Gasteiger partial charge is 0.225 e.